The number of nitrogens with zero attached hydrogens (tertiary/aromatic N) is 1. The number of ketones is 1. The van der Waals surface area contributed by atoms with Gasteiger partial charge in [0.2, 0.25) is 5.78 Å². The Hall–Kier alpha value is -3.52. The number of furan rings is 1. The predicted octanol–water partition coefficient (Wildman–Crippen LogP) is 4.53. The van der Waals surface area contributed by atoms with Gasteiger partial charge < -0.3 is 24.3 Å². The summed E-state index contributed by atoms with van der Waals surface area (Å²) in [5.41, 5.74) is 0.464. The molecule has 1 aliphatic rings. The molecule has 7 nitrogen and oxygen atoms in total. The Bertz CT molecular complexity index is 1160. The first-order valence-corrected chi connectivity index (χ1v) is 10.6. The summed E-state index contributed by atoms with van der Waals surface area (Å²) in [6, 6.07) is 10.7. The van der Waals surface area contributed by atoms with Crippen LogP contribution in [-0.4, -0.2) is 33.4 Å². The number of aliphatic hydroxyl groups excluding tert-OH is 1. The lowest BCUT2D eigenvalue weighted by atomic mass is 9.94. The van der Waals surface area contributed by atoms with Crippen LogP contribution in [0, 0.1) is 6.92 Å². The first-order valence-electron chi connectivity index (χ1n) is 9.74. The lowest BCUT2D eigenvalue weighted by Gasteiger charge is -2.26. The summed E-state index contributed by atoms with van der Waals surface area (Å²) in [7, 11) is 0. The van der Waals surface area contributed by atoms with E-state index in [1.165, 1.54) is 28.4 Å². The SMILES string of the molecule is CCOc1cc(C2C(C(=O)c3ccc(C)o3)=C(O)C(=O)N2Cc2cccs2)ccc1O. The average Bonchev–Trinajstić information content (AvgIpc) is 3.47. The molecule has 0 saturated heterocycles. The second kappa shape index (κ2) is 8.31. The number of phenolic OH excluding ortho intramolecular Hbond substituents is 1. The van der Waals surface area contributed by atoms with Gasteiger partial charge in [-0.1, -0.05) is 12.1 Å². The number of aryl methyl sites for hydroxylation is 1. The van der Waals surface area contributed by atoms with Gasteiger partial charge in [-0.05, 0) is 55.1 Å². The first kappa shape index (κ1) is 20.7. The lowest BCUT2D eigenvalue weighted by molar-refractivity contribution is -0.130. The number of hydrogen-bond donors (Lipinski definition) is 2. The van der Waals surface area contributed by atoms with E-state index in [1.807, 2.05) is 17.5 Å². The summed E-state index contributed by atoms with van der Waals surface area (Å²) in [5.74, 6) is -1.05. The van der Waals surface area contributed by atoms with E-state index in [9.17, 15) is 19.8 Å². The van der Waals surface area contributed by atoms with Crippen LogP contribution in [-0.2, 0) is 11.3 Å². The third-order valence-corrected chi connectivity index (χ3v) is 5.88. The van der Waals surface area contributed by atoms with Crippen molar-refractivity contribution in [2.45, 2.75) is 26.4 Å². The molecule has 31 heavy (non-hydrogen) atoms. The molecule has 2 aromatic heterocycles. The van der Waals surface area contributed by atoms with E-state index in [4.69, 9.17) is 9.15 Å². The number of carbonyl (C=O) groups is 2. The number of Topliss-reactive ketones (excluding diaryl/α,β-unsaturated/α-hetero) is 1. The molecule has 1 unspecified atom stereocenters. The molecule has 0 radical (unpaired) electrons. The minimum Gasteiger partial charge on any atom is -0.504 e. The maximum atomic E-state index is 13.3. The maximum Gasteiger partial charge on any atom is 0.290 e. The van der Waals surface area contributed by atoms with Gasteiger partial charge in [-0.15, -0.1) is 11.3 Å². The van der Waals surface area contributed by atoms with Gasteiger partial charge in [0, 0.05) is 4.88 Å². The van der Waals surface area contributed by atoms with Crippen LogP contribution in [0.15, 0.2) is 63.6 Å². The Balaban J connectivity index is 1.82. The number of hydrogen-bond acceptors (Lipinski definition) is 7. The minimum atomic E-state index is -0.868. The minimum absolute atomic E-state index is 0.0404. The average molecular weight is 439 g/mol. The highest BCUT2D eigenvalue weighted by molar-refractivity contribution is 7.09. The zero-order valence-electron chi connectivity index (χ0n) is 17.0. The van der Waals surface area contributed by atoms with E-state index in [2.05, 4.69) is 0 Å². The molecular weight excluding hydrogens is 418 g/mol. The number of benzene rings is 1. The van der Waals surface area contributed by atoms with Gasteiger partial charge in [0.15, 0.2) is 23.0 Å². The summed E-state index contributed by atoms with van der Waals surface area (Å²) in [4.78, 5) is 28.6. The molecule has 0 saturated carbocycles. The second-order valence-corrected chi connectivity index (χ2v) is 8.11. The third kappa shape index (κ3) is 3.82. The molecular formula is C23H21NO6S. The molecule has 1 aliphatic heterocycles. The van der Waals surface area contributed by atoms with Gasteiger partial charge in [-0.3, -0.25) is 9.59 Å². The molecule has 1 atom stereocenters. The van der Waals surface area contributed by atoms with Crippen molar-refractivity contribution in [3.8, 4) is 11.5 Å². The van der Waals surface area contributed by atoms with Gasteiger partial charge in [-0.2, -0.15) is 0 Å². The number of carbonyl (C=O) groups excluding carboxylic acids is 2. The number of aromatic hydroxyl groups is 1. The Kier molecular flexibility index (Phi) is 5.56. The van der Waals surface area contributed by atoms with Gasteiger partial charge in [0.1, 0.15) is 5.76 Å². The fourth-order valence-corrected chi connectivity index (χ4v) is 4.33. The number of rotatable bonds is 7. The standard InChI is InChI=1S/C23H21NO6S/c1-3-29-18-11-14(7-8-16(18)25)20-19(21(26)17-9-6-13(2)30-17)22(27)23(28)24(20)12-15-5-4-10-31-15/h4-11,20,25,27H,3,12H2,1-2H3. The van der Waals surface area contributed by atoms with Crippen LogP contribution in [0.2, 0.25) is 0 Å². The molecule has 8 heteroatoms. The van der Waals surface area contributed by atoms with Crippen LogP contribution in [0.5, 0.6) is 11.5 Å². The van der Waals surface area contributed by atoms with Crippen molar-refractivity contribution in [1.82, 2.24) is 4.90 Å². The Morgan fingerprint density at radius 3 is 2.68 bits per heavy atom. The number of amides is 1. The maximum absolute atomic E-state index is 13.3. The van der Waals surface area contributed by atoms with E-state index in [0.29, 0.717) is 17.9 Å². The molecule has 160 valence electrons. The van der Waals surface area contributed by atoms with E-state index >= 15 is 0 Å². The van der Waals surface area contributed by atoms with Gasteiger partial charge >= 0.3 is 0 Å². The lowest BCUT2D eigenvalue weighted by Crippen LogP contribution is -2.30. The van der Waals surface area contributed by atoms with Crippen LogP contribution < -0.4 is 4.74 Å². The Morgan fingerprint density at radius 1 is 1.23 bits per heavy atom. The van der Waals surface area contributed by atoms with Gasteiger partial charge in [-0.25, -0.2) is 0 Å². The molecule has 2 N–H and O–H groups in total. The van der Waals surface area contributed by atoms with Gasteiger partial charge in [0.05, 0.1) is 24.8 Å². The predicted molar refractivity (Wildman–Crippen MR) is 114 cm³/mol. The highest BCUT2D eigenvalue weighted by Crippen LogP contribution is 2.42. The number of phenols is 1. The number of aliphatic hydroxyl groups is 1. The fourth-order valence-electron chi connectivity index (χ4n) is 3.63. The highest BCUT2D eigenvalue weighted by atomic mass is 32.1. The van der Waals surface area contributed by atoms with Crippen molar-refractivity contribution in [3.63, 3.8) is 0 Å². The highest BCUT2D eigenvalue weighted by Gasteiger charge is 2.44. The number of ether oxygens (including phenoxy) is 1. The van der Waals surface area contributed by atoms with E-state index in [0.717, 1.165) is 4.88 Å². The third-order valence-electron chi connectivity index (χ3n) is 5.02. The van der Waals surface area contributed by atoms with Crippen molar-refractivity contribution < 1.29 is 29.0 Å². The zero-order chi connectivity index (χ0) is 22.1. The molecule has 3 aromatic rings. The van der Waals surface area contributed by atoms with Crippen molar-refractivity contribution in [3.05, 3.63) is 81.1 Å². The van der Waals surface area contributed by atoms with Crippen LogP contribution in [0.25, 0.3) is 0 Å². The summed E-state index contributed by atoms with van der Waals surface area (Å²) < 4.78 is 10.9. The summed E-state index contributed by atoms with van der Waals surface area (Å²) >= 11 is 1.47. The summed E-state index contributed by atoms with van der Waals surface area (Å²) in [6.45, 7) is 4.04. The van der Waals surface area contributed by atoms with Crippen LogP contribution >= 0.6 is 11.3 Å². The monoisotopic (exact) mass is 439 g/mol. The fraction of sp³-hybridized carbons (Fsp3) is 0.217. The Labute approximate surface area is 182 Å². The molecule has 1 aromatic carbocycles. The molecule has 4 rings (SSSR count). The zero-order valence-corrected chi connectivity index (χ0v) is 17.8. The topological polar surface area (TPSA) is 100 Å². The van der Waals surface area contributed by atoms with Crippen LogP contribution in [0.1, 0.15) is 39.7 Å². The molecule has 0 aliphatic carbocycles. The van der Waals surface area contributed by atoms with Crippen molar-refractivity contribution in [2.24, 2.45) is 0 Å². The molecule has 1 amide bonds. The Morgan fingerprint density at radius 2 is 2.03 bits per heavy atom. The van der Waals surface area contributed by atoms with Crippen molar-refractivity contribution in [1.29, 1.82) is 0 Å². The number of thiophene rings is 1. The van der Waals surface area contributed by atoms with Crippen LogP contribution in [0.3, 0.4) is 0 Å². The smallest absolute Gasteiger partial charge is 0.290 e. The quantitative estimate of drug-likeness (QED) is 0.525. The molecule has 0 bridgehead atoms. The van der Waals surface area contributed by atoms with E-state index in [1.54, 1.807) is 32.0 Å². The summed E-state index contributed by atoms with van der Waals surface area (Å²) in [5, 5.41) is 22.7. The van der Waals surface area contributed by atoms with Crippen molar-refractivity contribution in [2.75, 3.05) is 6.61 Å². The first-order chi connectivity index (χ1) is 14.9. The molecule has 0 spiro atoms. The second-order valence-electron chi connectivity index (χ2n) is 7.08. The van der Waals surface area contributed by atoms with Gasteiger partial charge in [0.25, 0.3) is 5.91 Å². The van der Waals surface area contributed by atoms with E-state index in [-0.39, 0.29) is 29.4 Å². The largest absolute Gasteiger partial charge is 0.504 e. The molecule has 3 heterocycles. The normalized spacial score (nSPS) is 16.3. The summed E-state index contributed by atoms with van der Waals surface area (Å²) in [6.07, 6.45) is 0. The van der Waals surface area contributed by atoms with Crippen molar-refractivity contribution >= 4 is 23.0 Å². The molecule has 0 fully saturated rings. The van der Waals surface area contributed by atoms with Crippen LogP contribution in [0.4, 0.5) is 0 Å². The van der Waals surface area contributed by atoms with E-state index < -0.39 is 23.5 Å².